The molecule has 4 nitrogen and oxygen atoms in total. The Kier molecular flexibility index (Phi) is 5.70. The van der Waals surface area contributed by atoms with Crippen LogP contribution >= 0.6 is 27.7 Å². The van der Waals surface area contributed by atoms with Gasteiger partial charge in [-0.05, 0) is 43.5 Å². The van der Waals surface area contributed by atoms with Crippen molar-refractivity contribution in [1.82, 2.24) is 4.90 Å². The van der Waals surface area contributed by atoms with Crippen molar-refractivity contribution in [2.75, 3.05) is 12.3 Å². The Morgan fingerprint density at radius 2 is 2.24 bits per heavy atom. The number of halogens is 1. The maximum Gasteiger partial charge on any atom is 0.305 e. The third kappa shape index (κ3) is 4.48. The largest absolute Gasteiger partial charge is 0.481 e. The van der Waals surface area contributed by atoms with Gasteiger partial charge in [-0.25, -0.2) is 0 Å². The summed E-state index contributed by atoms with van der Waals surface area (Å²) in [6, 6.07) is 5.84. The van der Waals surface area contributed by atoms with Crippen LogP contribution in [0.5, 0.6) is 0 Å². The lowest BCUT2D eigenvalue weighted by molar-refractivity contribution is -0.139. The molecule has 1 aliphatic heterocycles. The third-order valence-electron chi connectivity index (χ3n) is 3.60. The molecule has 1 aromatic carbocycles. The molecular weight excluding hydrogens is 354 g/mol. The van der Waals surface area contributed by atoms with Gasteiger partial charge in [-0.15, -0.1) is 11.8 Å². The molecule has 6 heteroatoms. The standard InChI is InChI=1S/C15H18BrNO3S/c1-10-7-11(16)4-5-13(10)21-9-14(18)17-6-2-3-12(17)8-15(19)20/h4-5,7,12H,2-3,6,8-9H2,1H3,(H,19,20). The Morgan fingerprint density at radius 1 is 1.48 bits per heavy atom. The minimum Gasteiger partial charge on any atom is -0.481 e. The molecule has 1 aliphatic rings. The van der Waals surface area contributed by atoms with E-state index < -0.39 is 5.97 Å². The summed E-state index contributed by atoms with van der Waals surface area (Å²) >= 11 is 4.93. The average Bonchev–Trinajstić information content (AvgIpc) is 2.84. The third-order valence-corrected chi connectivity index (χ3v) is 5.25. The highest BCUT2D eigenvalue weighted by Crippen LogP contribution is 2.27. The van der Waals surface area contributed by atoms with E-state index >= 15 is 0 Å². The lowest BCUT2D eigenvalue weighted by atomic mass is 10.1. The van der Waals surface area contributed by atoms with E-state index in [-0.39, 0.29) is 18.4 Å². The molecule has 21 heavy (non-hydrogen) atoms. The molecule has 1 amide bonds. The summed E-state index contributed by atoms with van der Waals surface area (Å²) in [5.74, 6) is -0.444. The number of carbonyl (C=O) groups excluding carboxylic acids is 1. The van der Waals surface area contributed by atoms with Gasteiger partial charge in [-0.3, -0.25) is 9.59 Å². The topological polar surface area (TPSA) is 57.6 Å². The molecule has 0 aliphatic carbocycles. The number of benzene rings is 1. The molecule has 0 aromatic heterocycles. The number of hydrogen-bond acceptors (Lipinski definition) is 3. The zero-order chi connectivity index (χ0) is 15.4. The summed E-state index contributed by atoms with van der Waals surface area (Å²) in [4.78, 5) is 25.9. The molecule has 1 atom stereocenters. The average molecular weight is 372 g/mol. The molecule has 1 fully saturated rings. The van der Waals surface area contributed by atoms with Crippen molar-refractivity contribution in [3.63, 3.8) is 0 Å². The van der Waals surface area contributed by atoms with E-state index in [1.54, 1.807) is 4.90 Å². The number of likely N-dealkylation sites (tertiary alicyclic amines) is 1. The number of amides is 1. The van der Waals surface area contributed by atoms with Crippen molar-refractivity contribution in [2.45, 2.75) is 37.1 Å². The van der Waals surface area contributed by atoms with Gasteiger partial charge >= 0.3 is 5.97 Å². The second-order valence-electron chi connectivity index (χ2n) is 5.18. The maximum absolute atomic E-state index is 12.3. The first-order valence-electron chi connectivity index (χ1n) is 6.87. The maximum atomic E-state index is 12.3. The van der Waals surface area contributed by atoms with Crippen LogP contribution < -0.4 is 0 Å². The molecule has 1 saturated heterocycles. The summed E-state index contributed by atoms with van der Waals surface area (Å²) in [6.45, 7) is 2.69. The quantitative estimate of drug-likeness (QED) is 0.806. The lowest BCUT2D eigenvalue weighted by Gasteiger charge is -2.23. The van der Waals surface area contributed by atoms with E-state index in [9.17, 15) is 9.59 Å². The highest BCUT2D eigenvalue weighted by atomic mass is 79.9. The van der Waals surface area contributed by atoms with Gasteiger partial charge in [0.05, 0.1) is 12.2 Å². The van der Waals surface area contributed by atoms with Gasteiger partial charge in [0, 0.05) is 22.0 Å². The second kappa shape index (κ2) is 7.31. The molecule has 1 unspecified atom stereocenters. The molecule has 1 aromatic rings. The summed E-state index contributed by atoms with van der Waals surface area (Å²) in [5.41, 5.74) is 1.13. The summed E-state index contributed by atoms with van der Waals surface area (Å²) in [7, 11) is 0. The van der Waals surface area contributed by atoms with Crippen molar-refractivity contribution in [3.8, 4) is 0 Å². The minimum absolute atomic E-state index is 0.0334. The summed E-state index contributed by atoms with van der Waals surface area (Å²) < 4.78 is 1.02. The number of aryl methyl sites for hydroxylation is 1. The fourth-order valence-electron chi connectivity index (χ4n) is 2.57. The molecule has 114 valence electrons. The highest BCUT2D eigenvalue weighted by molar-refractivity contribution is 9.10. The van der Waals surface area contributed by atoms with Crippen LogP contribution in [0.1, 0.15) is 24.8 Å². The van der Waals surface area contributed by atoms with Crippen LogP contribution in [0.3, 0.4) is 0 Å². The van der Waals surface area contributed by atoms with Crippen LogP contribution in [-0.4, -0.2) is 40.2 Å². The Bertz CT molecular complexity index is 550. The normalized spacial score (nSPS) is 18.0. The summed E-state index contributed by atoms with van der Waals surface area (Å²) in [6.07, 6.45) is 1.74. The van der Waals surface area contributed by atoms with Crippen LogP contribution in [0.25, 0.3) is 0 Å². The van der Waals surface area contributed by atoms with E-state index in [2.05, 4.69) is 15.9 Å². The number of rotatable bonds is 5. The predicted octanol–water partition coefficient (Wildman–Crippen LogP) is 3.32. The van der Waals surface area contributed by atoms with E-state index in [1.807, 2.05) is 25.1 Å². The van der Waals surface area contributed by atoms with E-state index in [4.69, 9.17) is 5.11 Å². The first-order valence-corrected chi connectivity index (χ1v) is 8.65. The number of nitrogens with zero attached hydrogens (tertiary/aromatic N) is 1. The van der Waals surface area contributed by atoms with Gasteiger partial charge in [0.15, 0.2) is 0 Å². The second-order valence-corrected chi connectivity index (χ2v) is 7.11. The van der Waals surface area contributed by atoms with Crippen LogP contribution in [-0.2, 0) is 9.59 Å². The van der Waals surface area contributed by atoms with Gasteiger partial charge in [0.2, 0.25) is 5.91 Å². The van der Waals surface area contributed by atoms with Crippen LogP contribution in [0.2, 0.25) is 0 Å². The number of aliphatic carboxylic acids is 1. The van der Waals surface area contributed by atoms with Crippen molar-refractivity contribution >= 4 is 39.6 Å². The van der Waals surface area contributed by atoms with Gasteiger partial charge in [0.25, 0.3) is 0 Å². The van der Waals surface area contributed by atoms with Gasteiger partial charge in [-0.2, -0.15) is 0 Å². The first-order chi connectivity index (χ1) is 9.97. The van der Waals surface area contributed by atoms with Crippen molar-refractivity contribution in [2.24, 2.45) is 0 Å². The molecule has 0 saturated carbocycles. The number of carboxylic acid groups (broad SMARTS) is 1. The van der Waals surface area contributed by atoms with Crippen molar-refractivity contribution in [3.05, 3.63) is 28.2 Å². The highest BCUT2D eigenvalue weighted by Gasteiger charge is 2.30. The lowest BCUT2D eigenvalue weighted by Crippen LogP contribution is -2.37. The Hall–Kier alpha value is -1.01. The molecule has 0 radical (unpaired) electrons. The Morgan fingerprint density at radius 3 is 2.90 bits per heavy atom. The predicted molar refractivity (Wildman–Crippen MR) is 86.6 cm³/mol. The van der Waals surface area contributed by atoms with Crippen LogP contribution in [0, 0.1) is 6.92 Å². The number of carbonyl (C=O) groups is 2. The van der Waals surface area contributed by atoms with E-state index in [0.717, 1.165) is 27.8 Å². The zero-order valence-corrected chi connectivity index (χ0v) is 14.2. The number of hydrogen-bond donors (Lipinski definition) is 1. The molecule has 1 heterocycles. The number of carboxylic acids is 1. The molecule has 1 N–H and O–H groups in total. The minimum atomic E-state index is -0.837. The fourth-order valence-corrected chi connectivity index (χ4v) is 3.95. The monoisotopic (exact) mass is 371 g/mol. The number of thioether (sulfide) groups is 1. The molecule has 2 rings (SSSR count). The Balaban J connectivity index is 1.93. The molecule has 0 spiro atoms. The van der Waals surface area contributed by atoms with E-state index in [1.165, 1.54) is 11.8 Å². The van der Waals surface area contributed by atoms with Crippen LogP contribution in [0.4, 0.5) is 0 Å². The fraction of sp³-hybridized carbons (Fsp3) is 0.467. The van der Waals surface area contributed by atoms with Crippen LogP contribution in [0.15, 0.2) is 27.6 Å². The summed E-state index contributed by atoms with van der Waals surface area (Å²) in [5, 5.41) is 8.90. The molecular formula is C15H18BrNO3S. The smallest absolute Gasteiger partial charge is 0.305 e. The Labute approximate surface area is 137 Å². The van der Waals surface area contributed by atoms with E-state index in [0.29, 0.717) is 12.3 Å². The van der Waals surface area contributed by atoms with Gasteiger partial charge in [0.1, 0.15) is 0 Å². The molecule has 0 bridgehead atoms. The van der Waals surface area contributed by atoms with Crippen molar-refractivity contribution in [1.29, 1.82) is 0 Å². The van der Waals surface area contributed by atoms with Crippen molar-refractivity contribution < 1.29 is 14.7 Å². The van der Waals surface area contributed by atoms with Gasteiger partial charge < -0.3 is 10.0 Å². The SMILES string of the molecule is Cc1cc(Br)ccc1SCC(=O)N1CCCC1CC(=O)O. The zero-order valence-electron chi connectivity index (χ0n) is 11.8. The van der Waals surface area contributed by atoms with Gasteiger partial charge in [-0.1, -0.05) is 15.9 Å². The first kappa shape index (κ1) is 16.4.